The Labute approximate surface area is 190 Å². The van der Waals surface area contributed by atoms with Crippen LogP contribution in [0.15, 0.2) is 24.4 Å². The Morgan fingerprint density at radius 2 is 1.91 bits per heavy atom. The Morgan fingerprint density at radius 1 is 1.22 bits per heavy atom. The van der Waals surface area contributed by atoms with E-state index in [2.05, 4.69) is 15.0 Å². The molecule has 2 N–H and O–H groups in total. The molecule has 0 spiro atoms. The van der Waals surface area contributed by atoms with Gasteiger partial charge in [-0.25, -0.2) is 19.3 Å². The normalized spacial score (nSPS) is 14.2. The highest BCUT2D eigenvalue weighted by molar-refractivity contribution is 6.34. The van der Waals surface area contributed by atoms with Crippen molar-refractivity contribution in [3.05, 3.63) is 46.6 Å². The van der Waals surface area contributed by atoms with Crippen molar-refractivity contribution in [2.45, 2.75) is 26.8 Å². The topological polar surface area (TPSA) is 99.2 Å². The maximum atomic E-state index is 15.6. The van der Waals surface area contributed by atoms with Gasteiger partial charge >= 0.3 is 0 Å². The van der Waals surface area contributed by atoms with Crippen molar-refractivity contribution in [1.29, 1.82) is 0 Å². The van der Waals surface area contributed by atoms with Crippen LogP contribution in [0.4, 0.5) is 10.3 Å². The maximum absolute atomic E-state index is 15.6. The molecule has 0 atom stereocenters. The van der Waals surface area contributed by atoms with E-state index in [9.17, 15) is 4.79 Å². The van der Waals surface area contributed by atoms with Gasteiger partial charge in [0.05, 0.1) is 35.7 Å². The molecule has 2 aromatic heterocycles. The van der Waals surface area contributed by atoms with Crippen molar-refractivity contribution < 1.29 is 13.9 Å². The standard InChI is InChI=1S/C22H24ClFN6O2/c1-12(2)30-13(3)26-11-17(30)20-18(24)19(27-22(25)28-20)14-4-5-15(16(23)10-14)21(31)29-6-8-32-9-7-29/h4-5,10-12H,6-9H2,1-3H3,(H2,25,27,28). The third-order valence-corrected chi connectivity index (χ3v) is 5.69. The van der Waals surface area contributed by atoms with Crippen LogP contribution in [-0.4, -0.2) is 56.6 Å². The Hall–Kier alpha value is -3.04. The molecule has 0 bridgehead atoms. The Morgan fingerprint density at radius 3 is 2.56 bits per heavy atom. The Kier molecular flexibility index (Phi) is 6.12. The van der Waals surface area contributed by atoms with Gasteiger partial charge in [-0.2, -0.15) is 0 Å². The number of ether oxygens (including phenoxy) is 1. The van der Waals surface area contributed by atoms with Crippen molar-refractivity contribution >= 4 is 23.5 Å². The molecule has 8 nitrogen and oxygen atoms in total. The zero-order valence-electron chi connectivity index (χ0n) is 18.1. The lowest BCUT2D eigenvalue weighted by molar-refractivity contribution is 0.0303. The summed E-state index contributed by atoms with van der Waals surface area (Å²) >= 11 is 6.42. The van der Waals surface area contributed by atoms with E-state index >= 15 is 4.39 Å². The van der Waals surface area contributed by atoms with Gasteiger partial charge in [0.1, 0.15) is 17.2 Å². The summed E-state index contributed by atoms with van der Waals surface area (Å²) in [4.78, 5) is 27.0. The van der Waals surface area contributed by atoms with E-state index in [0.29, 0.717) is 43.1 Å². The average Bonchev–Trinajstić information content (AvgIpc) is 3.16. The van der Waals surface area contributed by atoms with E-state index in [1.165, 1.54) is 6.07 Å². The smallest absolute Gasteiger partial charge is 0.255 e. The van der Waals surface area contributed by atoms with Crippen molar-refractivity contribution in [2.24, 2.45) is 0 Å². The molecule has 0 radical (unpaired) electrons. The number of nitrogens with two attached hydrogens (primary N) is 1. The van der Waals surface area contributed by atoms with E-state index in [-0.39, 0.29) is 34.3 Å². The molecule has 1 aromatic carbocycles. The molecule has 3 aromatic rings. The fourth-order valence-electron chi connectivity index (χ4n) is 3.88. The van der Waals surface area contributed by atoms with Crippen LogP contribution in [0.3, 0.4) is 0 Å². The molecule has 1 aliphatic rings. The number of halogens is 2. The van der Waals surface area contributed by atoms with Gasteiger partial charge in [-0.1, -0.05) is 17.7 Å². The number of imidazole rings is 1. The van der Waals surface area contributed by atoms with Gasteiger partial charge in [0.2, 0.25) is 5.95 Å². The number of amides is 1. The molecule has 32 heavy (non-hydrogen) atoms. The number of nitrogens with zero attached hydrogens (tertiary/aromatic N) is 5. The van der Waals surface area contributed by atoms with Gasteiger partial charge in [0.15, 0.2) is 5.82 Å². The molecule has 4 rings (SSSR count). The van der Waals surface area contributed by atoms with Gasteiger partial charge in [-0.15, -0.1) is 0 Å². The van der Waals surface area contributed by atoms with Crippen LogP contribution in [0.1, 0.15) is 36.1 Å². The summed E-state index contributed by atoms with van der Waals surface area (Å²) in [6, 6.07) is 4.76. The van der Waals surface area contributed by atoms with Crippen LogP contribution < -0.4 is 5.73 Å². The highest BCUT2D eigenvalue weighted by Crippen LogP contribution is 2.33. The molecule has 0 unspecified atom stereocenters. The van der Waals surface area contributed by atoms with Gasteiger partial charge < -0.3 is 19.9 Å². The first kappa shape index (κ1) is 22.2. The SMILES string of the molecule is Cc1ncc(-c2nc(N)nc(-c3ccc(C(=O)N4CCOCC4)c(Cl)c3)c2F)n1C(C)C. The third kappa shape index (κ3) is 4.05. The number of morpholine rings is 1. The molecule has 10 heteroatoms. The zero-order valence-corrected chi connectivity index (χ0v) is 18.9. The quantitative estimate of drug-likeness (QED) is 0.639. The largest absolute Gasteiger partial charge is 0.378 e. The second kappa shape index (κ2) is 8.84. The van der Waals surface area contributed by atoms with Gasteiger partial charge in [0, 0.05) is 24.7 Å². The molecule has 1 amide bonds. The summed E-state index contributed by atoms with van der Waals surface area (Å²) < 4.78 is 22.8. The second-order valence-electron chi connectivity index (χ2n) is 7.85. The second-order valence-corrected chi connectivity index (χ2v) is 8.25. The number of hydrogen-bond donors (Lipinski definition) is 1. The number of hydrogen-bond acceptors (Lipinski definition) is 6. The molecule has 3 heterocycles. The fraction of sp³-hybridized carbons (Fsp3) is 0.364. The van der Waals surface area contributed by atoms with Crippen molar-refractivity contribution in [3.63, 3.8) is 0 Å². The van der Waals surface area contributed by atoms with Crippen LogP contribution in [0, 0.1) is 12.7 Å². The van der Waals surface area contributed by atoms with Crippen LogP contribution in [0.5, 0.6) is 0 Å². The van der Waals surface area contributed by atoms with Crippen LogP contribution >= 0.6 is 11.6 Å². The minimum Gasteiger partial charge on any atom is -0.378 e. The van der Waals surface area contributed by atoms with Crippen LogP contribution in [0.2, 0.25) is 5.02 Å². The highest BCUT2D eigenvalue weighted by atomic mass is 35.5. The monoisotopic (exact) mass is 458 g/mol. The van der Waals surface area contributed by atoms with E-state index in [1.54, 1.807) is 23.2 Å². The molecule has 1 aliphatic heterocycles. The molecular formula is C22H24ClFN6O2. The van der Waals surface area contributed by atoms with E-state index < -0.39 is 5.82 Å². The lowest BCUT2D eigenvalue weighted by Crippen LogP contribution is -2.40. The maximum Gasteiger partial charge on any atom is 0.255 e. The summed E-state index contributed by atoms with van der Waals surface area (Å²) in [5.74, 6) is -0.161. The third-order valence-electron chi connectivity index (χ3n) is 5.38. The summed E-state index contributed by atoms with van der Waals surface area (Å²) in [6.07, 6.45) is 1.57. The molecular weight excluding hydrogens is 435 g/mol. The minimum atomic E-state index is -0.635. The molecule has 1 fully saturated rings. The molecule has 0 saturated carbocycles. The van der Waals surface area contributed by atoms with Gasteiger partial charge in [-0.05, 0) is 32.9 Å². The first-order valence-corrected chi connectivity index (χ1v) is 10.7. The number of rotatable bonds is 4. The fourth-order valence-corrected chi connectivity index (χ4v) is 4.14. The van der Waals surface area contributed by atoms with Crippen LogP contribution in [-0.2, 0) is 4.74 Å². The number of aryl methyl sites for hydroxylation is 1. The summed E-state index contributed by atoms with van der Waals surface area (Å²) in [5.41, 5.74) is 7.24. The number of anilines is 1. The van der Waals surface area contributed by atoms with E-state index in [4.69, 9.17) is 22.1 Å². The molecule has 1 saturated heterocycles. The van der Waals surface area contributed by atoms with Crippen LogP contribution in [0.25, 0.3) is 22.6 Å². The number of aromatic nitrogens is 4. The average molecular weight is 459 g/mol. The van der Waals surface area contributed by atoms with Gasteiger partial charge in [0.25, 0.3) is 5.91 Å². The predicted molar refractivity (Wildman–Crippen MR) is 120 cm³/mol. The first-order valence-electron chi connectivity index (χ1n) is 10.3. The number of nitrogen functional groups attached to an aromatic ring is 1. The molecule has 0 aliphatic carbocycles. The predicted octanol–water partition coefficient (Wildman–Crippen LogP) is 3.74. The Balaban J connectivity index is 1.75. The number of carbonyl (C=O) groups excluding carboxylic acids is 1. The Bertz CT molecular complexity index is 1170. The van der Waals surface area contributed by atoms with Crippen molar-refractivity contribution in [2.75, 3.05) is 32.0 Å². The van der Waals surface area contributed by atoms with E-state index in [0.717, 1.165) is 5.82 Å². The van der Waals surface area contributed by atoms with Crippen molar-refractivity contribution in [3.8, 4) is 22.6 Å². The minimum absolute atomic E-state index is 0.00827. The zero-order chi connectivity index (χ0) is 23.0. The van der Waals surface area contributed by atoms with E-state index in [1.807, 2.05) is 25.3 Å². The highest BCUT2D eigenvalue weighted by Gasteiger charge is 2.24. The first-order chi connectivity index (χ1) is 15.3. The lowest BCUT2D eigenvalue weighted by Gasteiger charge is -2.27. The number of carbonyl (C=O) groups is 1. The summed E-state index contributed by atoms with van der Waals surface area (Å²) in [5, 5.41) is 0.209. The summed E-state index contributed by atoms with van der Waals surface area (Å²) in [7, 11) is 0. The lowest BCUT2D eigenvalue weighted by atomic mass is 10.1. The molecule has 168 valence electrons. The van der Waals surface area contributed by atoms with Gasteiger partial charge in [-0.3, -0.25) is 4.79 Å². The van der Waals surface area contributed by atoms with Crippen molar-refractivity contribution in [1.82, 2.24) is 24.4 Å². The number of benzene rings is 1. The summed E-state index contributed by atoms with van der Waals surface area (Å²) in [6.45, 7) is 7.78.